The lowest BCUT2D eigenvalue weighted by Gasteiger charge is -2.42. The van der Waals surface area contributed by atoms with Crippen LogP contribution in [-0.2, 0) is 33.2 Å². The van der Waals surface area contributed by atoms with Crippen LogP contribution in [0.4, 0.5) is 0 Å². The van der Waals surface area contributed by atoms with Crippen molar-refractivity contribution < 1.29 is 69.0 Å². The molecule has 0 aromatic carbocycles. The zero-order chi connectivity index (χ0) is 44.5. The van der Waals surface area contributed by atoms with Gasteiger partial charge in [-0.3, -0.25) is 4.79 Å². The Morgan fingerprint density at radius 2 is 1.05 bits per heavy atom. The van der Waals surface area contributed by atoms with Gasteiger partial charge in [0.05, 0.1) is 26.4 Å². The summed E-state index contributed by atoms with van der Waals surface area (Å²) < 4.78 is 34.1. The van der Waals surface area contributed by atoms with E-state index in [1.54, 1.807) is 0 Å². The van der Waals surface area contributed by atoms with Gasteiger partial charge in [-0.1, -0.05) is 140 Å². The fraction of sp³-hybridized carbons (Fsp3) is 0.809. The summed E-state index contributed by atoms with van der Waals surface area (Å²) in [6.45, 7) is 3.40. The topological polar surface area (TPSA) is 214 Å². The second-order valence-corrected chi connectivity index (χ2v) is 16.2. The Bertz CT molecular complexity index is 1190. The number of carbonyl (C=O) groups is 1. The molecule has 0 radical (unpaired) electrons. The molecule has 61 heavy (non-hydrogen) atoms. The summed E-state index contributed by atoms with van der Waals surface area (Å²) >= 11 is 0. The minimum atomic E-state index is -1.71. The largest absolute Gasteiger partial charge is 0.457 e. The van der Waals surface area contributed by atoms with Crippen molar-refractivity contribution in [2.45, 2.75) is 210 Å². The first kappa shape index (κ1) is 55.1. The van der Waals surface area contributed by atoms with Crippen molar-refractivity contribution in [1.29, 1.82) is 0 Å². The molecular formula is C47H82O14. The van der Waals surface area contributed by atoms with E-state index in [1.165, 1.54) is 57.8 Å². The minimum Gasteiger partial charge on any atom is -0.457 e. The van der Waals surface area contributed by atoms with Gasteiger partial charge in [0.25, 0.3) is 0 Å². The van der Waals surface area contributed by atoms with Gasteiger partial charge in [0.2, 0.25) is 0 Å². The molecule has 11 atom stereocenters. The molecule has 14 heteroatoms. The van der Waals surface area contributed by atoms with Gasteiger partial charge < -0.3 is 64.2 Å². The highest BCUT2D eigenvalue weighted by molar-refractivity contribution is 5.69. The third-order valence-corrected chi connectivity index (χ3v) is 10.9. The van der Waals surface area contributed by atoms with Crippen LogP contribution >= 0.6 is 0 Å². The lowest BCUT2D eigenvalue weighted by molar-refractivity contribution is -0.332. The lowest BCUT2D eigenvalue weighted by Crippen LogP contribution is -2.61. The van der Waals surface area contributed by atoms with E-state index < -0.39 is 86.7 Å². The molecule has 2 aliphatic rings. The van der Waals surface area contributed by atoms with E-state index in [-0.39, 0.29) is 19.6 Å². The summed E-state index contributed by atoms with van der Waals surface area (Å²) in [5, 5.41) is 71.9. The minimum absolute atomic E-state index is 0.0240. The predicted molar refractivity (Wildman–Crippen MR) is 233 cm³/mol. The molecule has 0 saturated carbocycles. The Labute approximate surface area is 365 Å². The molecule has 0 amide bonds. The average Bonchev–Trinajstić information content (AvgIpc) is 3.25. The molecule has 7 N–H and O–H groups in total. The Morgan fingerprint density at radius 3 is 1.61 bits per heavy atom. The molecule has 0 bridgehead atoms. The number of hydrogen-bond donors (Lipinski definition) is 7. The fourth-order valence-corrected chi connectivity index (χ4v) is 7.05. The average molecular weight is 871 g/mol. The van der Waals surface area contributed by atoms with Crippen LogP contribution < -0.4 is 0 Å². The van der Waals surface area contributed by atoms with Crippen molar-refractivity contribution in [1.82, 2.24) is 0 Å². The van der Waals surface area contributed by atoms with Gasteiger partial charge >= 0.3 is 5.97 Å². The van der Waals surface area contributed by atoms with Gasteiger partial charge in [0, 0.05) is 13.0 Å². The molecule has 2 rings (SSSR count). The zero-order valence-electron chi connectivity index (χ0n) is 37.1. The molecule has 2 saturated heterocycles. The third kappa shape index (κ3) is 24.0. The van der Waals surface area contributed by atoms with Gasteiger partial charge in [-0.05, 0) is 44.9 Å². The van der Waals surface area contributed by atoms with E-state index in [4.69, 9.17) is 28.4 Å². The lowest BCUT2D eigenvalue weighted by atomic mass is 9.98. The fourth-order valence-electron chi connectivity index (χ4n) is 7.05. The summed E-state index contributed by atoms with van der Waals surface area (Å²) in [5.41, 5.74) is 0. The van der Waals surface area contributed by atoms with E-state index in [9.17, 15) is 40.5 Å². The zero-order valence-corrected chi connectivity index (χ0v) is 37.1. The number of carbonyl (C=O) groups excluding carboxylic acids is 1. The highest BCUT2D eigenvalue weighted by atomic mass is 16.7. The maximum Gasteiger partial charge on any atom is 0.306 e. The monoisotopic (exact) mass is 871 g/mol. The highest BCUT2D eigenvalue weighted by Crippen LogP contribution is 2.26. The molecule has 2 fully saturated rings. The van der Waals surface area contributed by atoms with Crippen molar-refractivity contribution in [2.75, 3.05) is 33.0 Å². The van der Waals surface area contributed by atoms with Gasteiger partial charge in [-0.25, -0.2) is 0 Å². The summed E-state index contributed by atoms with van der Waals surface area (Å²) in [6.07, 6.45) is 21.9. The van der Waals surface area contributed by atoms with Gasteiger partial charge in [-0.15, -0.1) is 0 Å². The SMILES string of the molecule is CC/C=C\C/C=C\C/C=C\C/C=C\CCCOCC(COC1OC(COC2OC(CO)C(O)C(O)C2O)C(O)C(O)C1O)OC(=O)CCCCCCCCCCCCCCC. The molecule has 0 aromatic heterocycles. The number of rotatable bonds is 35. The van der Waals surface area contributed by atoms with Crippen LogP contribution in [0.5, 0.6) is 0 Å². The van der Waals surface area contributed by atoms with Crippen LogP contribution in [0.2, 0.25) is 0 Å². The van der Waals surface area contributed by atoms with Crippen LogP contribution in [0.1, 0.15) is 142 Å². The van der Waals surface area contributed by atoms with Crippen molar-refractivity contribution in [3.05, 3.63) is 48.6 Å². The summed E-state index contributed by atoms with van der Waals surface area (Å²) in [4.78, 5) is 12.9. The van der Waals surface area contributed by atoms with E-state index in [0.29, 0.717) is 13.0 Å². The van der Waals surface area contributed by atoms with Crippen LogP contribution in [0, 0.1) is 0 Å². The normalized spacial score (nSPS) is 27.9. The Kier molecular flexibility index (Phi) is 31.9. The second-order valence-electron chi connectivity index (χ2n) is 16.2. The van der Waals surface area contributed by atoms with Gasteiger partial charge in [0.15, 0.2) is 12.6 Å². The van der Waals surface area contributed by atoms with Crippen LogP contribution in [0.25, 0.3) is 0 Å². The Balaban J connectivity index is 1.84. The highest BCUT2D eigenvalue weighted by Gasteiger charge is 2.47. The standard InChI is InChI=1S/C47H82O14/c1-3-5-7-9-11-13-15-17-19-21-23-25-27-29-31-56-33-36(59-39(49)30-28-26-24-22-20-18-16-14-12-10-8-6-4-2)34-57-46-45(55)43(53)41(51)38(61-46)35-58-47-44(54)42(52)40(50)37(32-48)60-47/h5,7,11,13,17,19,23,25,36-38,40-48,50-55H,3-4,6,8-10,12,14-16,18,20-22,24,26-35H2,1-2H3/b7-5-,13-11-,19-17-,25-23-. The first-order chi connectivity index (χ1) is 29.6. The van der Waals surface area contributed by atoms with Crippen LogP contribution in [0.3, 0.4) is 0 Å². The van der Waals surface area contributed by atoms with E-state index >= 15 is 0 Å². The maximum absolute atomic E-state index is 12.9. The molecule has 2 aliphatic heterocycles. The molecule has 14 nitrogen and oxygen atoms in total. The number of aliphatic hydroxyl groups excluding tert-OH is 7. The number of unbranched alkanes of at least 4 members (excludes halogenated alkanes) is 13. The quantitative estimate of drug-likeness (QED) is 0.0234. The van der Waals surface area contributed by atoms with Crippen LogP contribution in [-0.4, -0.2) is 142 Å². The predicted octanol–water partition coefficient (Wildman–Crippen LogP) is 5.62. The smallest absolute Gasteiger partial charge is 0.306 e. The number of hydrogen-bond acceptors (Lipinski definition) is 14. The van der Waals surface area contributed by atoms with Gasteiger partial charge in [-0.2, -0.15) is 0 Å². The maximum atomic E-state index is 12.9. The van der Waals surface area contributed by atoms with Crippen molar-refractivity contribution in [2.24, 2.45) is 0 Å². The molecule has 0 aromatic rings. The van der Waals surface area contributed by atoms with E-state index in [0.717, 1.165) is 57.8 Å². The molecule has 11 unspecified atom stereocenters. The van der Waals surface area contributed by atoms with Crippen LogP contribution in [0.15, 0.2) is 48.6 Å². The number of esters is 1. The molecule has 2 heterocycles. The van der Waals surface area contributed by atoms with E-state index in [2.05, 4.69) is 62.5 Å². The third-order valence-electron chi connectivity index (χ3n) is 10.9. The summed E-state index contributed by atoms with van der Waals surface area (Å²) in [7, 11) is 0. The van der Waals surface area contributed by atoms with E-state index in [1.807, 2.05) is 0 Å². The second kappa shape index (κ2) is 35.3. The van der Waals surface area contributed by atoms with Crippen molar-refractivity contribution in [3.8, 4) is 0 Å². The molecule has 0 spiro atoms. The number of aliphatic hydroxyl groups is 7. The molecular weight excluding hydrogens is 789 g/mol. The first-order valence-corrected chi connectivity index (χ1v) is 23.2. The Morgan fingerprint density at radius 1 is 0.557 bits per heavy atom. The summed E-state index contributed by atoms with van der Waals surface area (Å²) in [5.74, 6) is -0.397. The Hall–Kier alpha value is -2.05. The molecule has 0 aliphatic carbocycles. The number of allylic oxidation sites excluding steroid dienone is 8. The first-order valence-electron chi connectivity index (χ1n) is 23.2. The summed E-state index contributed by atoms with van der Waals surface area (Å²) in [6, 6.07) is 0. The van der Waals surface area contributed by atoms with Crippen molar-refractivity contribution >= 4 is 5.97 Å². The van der Waals surface area contributed by atoms with Crippen molar-refractivity contribution in [3.63, 3.8) is 0 Å². The molecule has 354 valence electrons. The number of ether oxygens (including phenoxy) is 6. The van der Waals surface area contributed by atoms with Gasteiger partial charge in [0.1, 0.15) is 54.9 Å².